The van der Waals surface area contributed by atoms with Crippen molar-refractivity contribution in [3.05, 3.63) is 22.4 Å². The predicted molar refractivity (Wildman–Crippen MR) is 62.1 cm³/mol. The van der Waals surface area contributed by atoms with Crippen LogP contribution in [0, 0.1) is 0 Å². The van der Waals surface area contributed by atoms with Crippen molar-refractivity contribution in [3.63, 3.8) is 0 Å². The van der Waals surface area contributed by atoms with Crippen molar-refractivity contribution in [1.29, 1.82) is 0 Å². The fourth-order valence-electron chi connectivity index (χ4n) is 1.77. The summed E-state index contributed by atoms with van der Waals surface area (Å²) in [5, 5.41) is 10.4. The zero-order valence-corrected chi connectivity index (χ0v) is 9.48. The molecule has 0 spiro atoms. The van der Waals surface area contributed by atoms with E-state index in [1.165, 1.54) is 5.56 Å². The minimum absolute atomic E-state index is 0.176. The number of hydrogen-bond donors (Lipinski definition) is 2. The lowest BCUT2D eigenvalue weighted by Gasteiger charge is -2.10. The number of amides is 1. The summed E-state index contributed by atoms with van der Waals surface area (Å²) in [5.41, 5.74) is 1.26. The molecule has 1 amide bonds. The highest BCUT2D eigenvalue weighted by atomic mass is 32.1. The standard InChI is InChI=1S/C11H16N2OS/c14-11(13-10-3-5-12-7-10)2-1-9-4-6-15-8-9/h4,6,8,10,12H,1-3,5,7H2,(H,13,14). The van der Waals surface area contributed by atoms with Crippen LogP contribution in [0.3, 0.4) is 0 Å². The van der Waals surface area contributed by atoms with E-state index in [4.69, 9.17) is 0 Å². The van der Waals surface area contributed by atoms with Gasteiger partial charge in [0, 0.05) is 19.0 Å². The highest BCUT2D eigenvalue weighted by Crippen LogP contribution is 2.08. The van der Waals surface area contributed by atoms with Crippen molar-refractivity contribution in [2.75, 3.05) is 13.1 Å². The maximum atomic E-state index is 11.6. The molecular formula is C11H16N2OS. The minimum Gasteiger partial charge on any atom is -0.352 e. The Morgan fingerprint density at radius 2 is 2.60 bits per heavy atom. The van der Waals surface area contributed by atoms with Crippen molar-refractivity contribution in [1.82, 2.24) is 10.6 Å². The number of thiophene rings is 1. The summed E-state index contributed by atoms with van der Waals surface area (Å²) >= 11 is 1.68. The van der Waals surface area contributed by atoms with E-state index < -0.39 is 0 Å². The molecule has 3 nitrogen and oxygen atoms in total. The molecule has 1 aliphatic heterocycles. The van der Waals surface area contributed by atoms with Gasteiger partial charge in [-0.3, -0.25) is 4.79 Å². The average Bonchev–Trinajstić information content (AvgIpc) is 2.86. The molecule has 2 N–H and O–H groups in total. The van der Waals surface area contributed by atoms with E-state index >= 15 is 0 Å². The molecule has 0 bridgehead atoms. The molecule has 1 fully saturated rings. The molecule has 1 saturated heterocycles. The van der Waals surface area contributed by atoms with Crippen molar-refractivity contribution in [2.45, 2.75) is 25.3 Å². The van der Waals surface area contributed by atoms with E-state index in [0.29, 0.717) is 12.5 Å². The normalized spacial score (nSPS) is 20.4. The van der Waals surface area contributed by atoms with Crippen LogP contribution in [0.2, 0.25) is 0 Å². The summed E-state index contributed by atoms with van der Waals surface area (Å²) < 4.78 is 0. The van der Waals surface area contributed by atoms with Crippen molar-refractivity contribution >= 4 is 17.2 Å². The Bertz CT molecular complexity index is 304. The fourth-order valence-corrected chi connectivity index (χ4v) is 2.47. The summed E-state index contributed by atoms with van der Waals surface area (Å²) in [6.45, 7) is 1.94. The third-order valence-electron chi connectivity index (χ3n) is 2.65. The summed E-state index contributed by atoms with van der Waals surface area (Å²) in [4.78, 5) is 11.6. The quantitative estimate of drug-likeness (QED) is 0.806. The number of rotatable bonds is 4. The first-order valence-corrected chi connectivity index (χ1v) is 6.30. The van der Waals surface area contributed by atoms with Gasteiger partial charge < -0.3 is 10.6 Å². The minimum atomic E-state index is 0.176. The molecular weight excluding hydrogens is 208 g/mol. The SMILES string of the molecule is O=C(CCc1ccsc1)NC1CCNC1. The summed E-state index contributed by atoms with van der Waals surface area (Å²) in [7, 11) is 0. The van der Waals surface area contributed by atoms with E-state index in [-0.39, 0.29) is 5.91 Å². The molecule has 1 unspecified atom stereocenters. The van der Waals surface area contributed by atoms with E-state index in [1.807, 2.05) is 5.38 Å². The second-order valence-corrected chi connectivity index (χ2v) is 4.67. The third kappa shape index (κ3) is 3.32. The molecule has 4 heteroatoms. The van der Waals surface area contributed by atoms with Crippen LogP contribution in [0.5, 0.6) is 0 Å². The zero-order valence-electron chi connectivity index (χ0n) is 8.66. The highest BCUT2D eigenvalue weighted by molar-refractivity contribution is 7.07. The number of carbonyl (C=O) groups is 1. The molecule has 0 radical (unpaired) electrons. The Kier molecular flexibility index (Phi) is 3.75. The van der Waals surface area contributed by atoms with Crippen LogP contribution in [0.4, 0.5) is 0 Å². The van der Waals surface area contributed by atoms with Crippen LogP contribution in [-0.2, 0) is 11.2 Å². The first-order chi connectivity index (χ1) is 7.34. The Hall–Kier alpha value is -0.870. The lowest BCUT2D eigenvalue weighted by Crippen LogP contribution is -2.36. The highest BCUT2D eigenvalue weighted by Gasteiger charge is 2.16. The number of nitrogens with one attached hydrogen (secondary N) is 2. The van der Waals surface area contributed by atoms with Crippen LogP contribution in [0.25, 0.3) is 0 Å². The molecule has 2 rings (SSSR count). The molecule has 0 aromatic carbocycles. The smallest absolute Gasteiger partial charge is 0.220 e. The van der Waals surface area contributed by atoms with Gasteiger partial charge in [-0.15, -0.1) is 0 Å². The maximum Gasteiger partial charge on any atom is 0.220 e. The van der Waals surface area contributed by atoms with Crippen molar-refractivity contribution in [2.24, 2.45) is 0 Å². The van der Waals surface area contributed by atoms with Gasteiger partial charge in [-0.05, 0) is 41.8 Å². The van der Waals surface area contributed by atoms with E-state index in [0.717, 1.165) is 25.9 Å². The molecule has 1 aliphatic rings. The zero-order chi connectivity index (χ0) is 10.5. The van der Waals surface area contributed by atoms with Crippen LogP contribution < -0.4 is 10.6 Å². The van der Waals surface area contributed by atoms with E-state index in [9.17, 15) is 4.79 Å². The third-order valence-corrected chi connectivity index (χ3v) is 3.38. The molecule has 2 heterocycles. The summed E-state index contributed by atoms with van der Waals surface area (Å²) in [6.07, 6.45) is 2.52. The first-order valence-electron chi connectivity index (χ1n) is 5.36. The number of aryl methyl sites for hydroxylation is 1. The van der Waals surface area contributed by atoms with E-state index in [1.54, 1.807) is 11.3 Å². The van der Waals surface area contributed by atoms with Gasteiger partial charge in [-0.1, -0.05) is 0 Å². The van der Waals surface area contributed by atoms with Gasteiger partial charge in [0.2, 0.25) is 5.91 Å². The van der Waals surface area contributed by atoms with Gasteiger partial charge in [0.05, 0.1) is 0 Å². The Balaban J connectivity index is 1.68. The first kappa shape index (κ1) is 10.6. The maximum absolute atomic E-state index is 11.6. The molecule has 15 heavy (non-hydrogen) atoms. The van der Waals surface area contributed by atoms with Gasteiger partial charge in [0.15, 0.2) is 0 Å². The van der Waals surface area contributed by atoms with Crippen molar-refractivity contribution < 1.29 is 4.79 Å². The van der Waals surface area contributed by atoms with Gasteiger partial charge >= 0.3 is 0 Å². The molecule has 1 atom stereocenters. The van der Waals surface area contributed by atoms with Gasteiger partial charge in [-0.2, -0.15) is 11.3 Å². The second-order valence-electron chi connectivity index (χ2n) is 3.89. The van der Waals surface area contributed by atoms with Crippen LogP contribution in [0.1, 0.15) is 18.4 Å². The van der Waals surface area contributed by atoms with Crippen LogP contribution >= 0.6 is 11.3 Å². The molecule has 82 valence electrons. The monoisotopic (exact) mass is 224 g/mol. The molecule has 1 aromatic rings. The van der Waals surface area contributed by atoms with Crippen LogP contribution in [-0.4, -0.2) is 25.0 Å². The molecule has 0 saturated carbocycles. The Labute approximate surface area is 93.9 Å². The number of carbonyl (C=O) groups excluding carboxylic acids is 1. The molecule has 1 aromatic heterocycles. The largest absolute Gasteiger partial charge is 0.352 e. The fraction of sp³-hybridized carbons (Fsp3) is 0.545. The number of hydrogen-bond acceptors (Lipinski definition) is 3. The van der Waals surface area contributed by atoms with Crippen LogP contribution in [0.15, 0.2) is 16.8 Å². The second kappa shape index (κ2) is 5.28. The van der Waals surface area contributed by atoms with E-state index in [2.05, 4.69) is 22.1 Å². The Morgan fingerprint density at radius 1 is 1.67 bits per heavy atom. The lowest BCUT2D eigenvalue weighted by atomic mass is 10.2. The van der Waals surface area contributed by atoms with Gasteiger partial charge in [-0.25, -0.2) is 0 Å². The average molecular weight is 224 g/mol. The van der Waals surface area contributed by atoms with Crippen molar-refractivity contribution in [3.8, 4) is 0 Å². The van der Waals surface area contributed by atoms with Gasteiger partial charge in [0.1, 0.15) is 0 Å². The summed E-state index contributed by atoms with van der Waals surface area (Å²) in [6, 6.07) is 2.43. The summed E-state index contributed by atoms with van der Waals surface area (Å²) in [5.74, 6) is 0.176. The topological polar surface area (TPSA) is 41.1 Å². The predicted octanol–water partition coefficient (Wildman–Crippen LogP) is 1.16. The molecule has 0 aliphatic carbocycles. The van der Waals surface area contributed by atoms with Gasteiger partial charge in [0.25, 0.3) is 0 Å². The Morgan fingerprint density at radius 3 is 3.27 bits per heavy atom. The lowest BCUT2D eigenvalue weighted by molar-refractivity contribution is -0.121.